The van der Waals surface area contributed by atoms with Crippen molar-refractivity contribution in [3.05, 3.63) is 66.0 Å². The summed E-state index contributed by atoms with van der Waals surface area (Å²) in [6.45, 7) is 1.85. The first-order valence-electron chi connectivity index (χ1n) is 6.03. The number of rotatable bonds is 4. The third-order valence-electron chi connectivity index (χ3n) is 3.00. The van der Waals surface area contributed by atoms with E-state index < -0.39 is 11.7 Å². The largest absolute Gasteiger partial charge is 0.438 e. The summed E-state index contributed by atoms with van der Waals surface area (Å²) in [6.07, 6.45) is 3.19. The number of carbonyl (C=O) groups is 1. The van der Waals surface area contributed by atoms with Crippen LogP contribution in [-0.2, 0) is 16.8 Å². The van der Waals surface area contributed by atoms with Crippen LogP contribution in [0.2, 0.25) is 0 Å². The van der Waals surface area contributed by atoms with Gasteiger partial charge in [0.15, 0.2) is 0 Å². The maximum Gasteiger partial charge on any atom is 0.405 e. The predicted octanol–water partition coefficient (Wildman–Crippen LogP) is 2.63. The van der Waals surface area contributed by atoms with Gasteiger partial charge in [-0.3, -0.25) is 4.98 Å². The highest BCUT2D eigenvalue weighted by Crippen LogP contribution is 2.29. The zero-order chi connectivity index (χ0) is 13.7. The molecule has 0 spiro atoms. The highest BCUT2D eigenvalue weighted by molar-refractivity contribution is 5.65. The monoisotopic (exact) mass is 256 g/mol. The van der Waals surface area contributed by atoms with E-state index in [9.17, 15) is 4.79 Å². The highest BCUT2D eigenvalue weighted by Gasteiger charge is 2.30. The second-order valence-corrected chi connectivity index (χ2v) is 4.55. The smallest absolute Gasteiger partial charge is 0.405 e. The molecule has 0 aliphatic rings. The van der Waals surface area contributed by atoms with E-state index in [0.717, 1.165) is 11.1 Å². The van der Waals surface area contributed by atoms with Crippen molar-refractivity contribution >= 4 is 6.09 Å². The minimum atomic E-state index is -0.783. The highest BCUT2D eigenvalue weighted by atomic mass is 16.6. The number of ether oxygens (including phenoxy) is 1. The molecule has 2 aromatic rings. The Hall–Kier alpha value is -2.36. The molecule has 0 bridgehead atoms. The predicted molar refractivity (Wildman–Crippen MR) is 72.4 cm³/mol. The number of nitrogens with zero attached hydrogens (tertiary/aromatic N) is 1. The van der Waals surface area contributed by atoms with E-state index in [4.69, 9.17) is 10.5 Å². The number of hydrogen-bond donors (Lipinski definition) is 1. The molecule has 0 saturated carbocycles. The molecule has 4 nitrogen and oxygen atoms in total. The number of pyridine rings is 1. The maximum absolute atomic E-state index is 11.2. The fourth-order valence-corrected chi connectivity index (χ4v) is 2.10. The molecule has 0 aliphatic carbocycles. The van der Waals surface area contributed by atoms with Crippen LogP contribution in [-0.4, -0.2) is 11.1 Å². The molecule has 0 unspecified atom stereocenters. The molecule has 1 aromatic carbocycles. The molecule has 1 heterocycles. The number of aromatic nitrogens is 1. The Bertz CT molecular complexity index is 543. The molecule has 1 amide bonds. The van der Waals surface area contributed by atoms with Crippen LogP contribution in [0.25, 0.3) is 0 Å². The lowest BCUT2D eigenvalue weighted by Crippen LogP contribution is -2.34. The van der Waals surface area contributed by atoms with Crippen LogP contribution in [0.3, 0.4) is 0 Å². The zero-order valence-electron chi connectivity index (χ0n) is 10.7. The summed E-state index contributed by atoms with van der Waals surface area (Å²) in [5.74, 6) is 0. The molecule has 2 rings (SSSR count). The van der Waals surface area contributed by atoms with Gasteiger partial charge in [-0.25, -0.2) is 4.79 Å². The second-order valence-electron chi connectivity index (χ2n) is 4.55. The maximum atomic E-state index is 11.2. The average Bonchev–Trinajstić information content (AvgIpc) is 2.40. The summed E-state index contributed by atoms with van der Waals surface area (Å²) in [7, 11) is 0. The van der Waals surface area contributed by atoms with E-state index in [2.05, 4.69) is 4.98 Å². The number of hydrogen-bond acceptors (Lipinski definition) is 3. The Balaban J connectivity index is 2.32. The van der Waals surface area contributed by atoms with Gasteiger partial charge in [-0.1, -0.05) is 30.3 Å². The molecule has 0 aliphatic heterocycles. The topological polar surface area (TPSA) is 65.2 Å². The van der Waals surface area contributed by atoms with Crippen LogP contribution in [0.1, 0.15) is 18.1 Å². The molecule has 1 atom stereocenters. The average molecular weight is 256 g/mol. The minimum Gasteiger partial charge on any atom is -0.438 e. The van der Waals surface area contributed by atoms with E-state index in [1.165, 1.54) is 0 Å². The molecular formula is C15H16N2O2. The zero-order valence-corrected chi connectivity index (χ0v) is 10.7. The number of nitrogens with two attached hydrogens (primary N) is 1. The third-order valence-corrected chi connectivity index (χ3v) is 3.00. The van der Waals surface area contributed by atoms with Crippen LogP contribution in [0.5, 0.6) is 0 Å². The molecule has 2 N–H and O–H groups in total. The summed E-state index contributed by atoms with van der Waals surface area (Å²) in [5, 5.41) is 0. The standard InChI is InChI=1S/C15H16N2O2/c1-15(19-14(16)18,13-5-3-2-4-6-13)11-12-7-9-17-10-8-12/h2-10H,11H2,1H3,(H2,16,18)/t15-/m0/s1. The van der Waals surface area contributed by atoms with Gasteiger partial charge < -0.3 is 10.5 Å². The first kappa shape index (κ1) is 13.1. The van der Waals surface area contributed by atoms with Gasteiger partial charge in [0.05, 0.1) is 0 Å². The number of benzene rings is 1. The summed E-state index contributed by atoms with van der Waals surface area (Å²) >= 11 is 0. The van der Waals surface area contributed by atoms with E-state index in [0.29, 0.717) is 6.42 Å². The van der Waals surface area contributed by atoms with E-state index in [1.54, 1.807) is 12.4 Å². The SMILES string of the molecule is C[C@@](Cc1ccncc1)(OC(N)=O)c1ccccc1. The van der Waals surface area contributed by atoms with Crippen LogP contribution in [0.4, 0.5) is 4.79 Å². The van der Waals surface area contributed by atoms with Crippen molar-refractivity contribution in [1.82, 2.24) is 4.98 Å². The van der Waals surface area contributed by atoms with E-state index >= 15 is 0 Å². The van der Waals surface area contributed by atoms with Gasteiger partial charge in [-0.15, -0.1) is 0 Å². The van der Waals surface area contributed by atoms with Gasteiger partial charge in [0.1, 0.15) is 5.60 Å². The fourth-order valence-electron chi connectivity index (χ4n) is 2.10. The van der Waals surface area contributed by atoms with Crippen molar-refractivity contribution in [2.75, 3.05) is 0 Å². The second kappa shape index (κ2) is 5.52. The van der Waals surface area contributed by atoms with Crippen molar-refractivity contribution in [3.63, 3.8) is 0 Å². The lowest BCUT2D eigenvalue weighted by molar-refractivity contribution is 0.0282. The van der Waals surface area contributed by atoms with Crippen LogP contribution >= 0.6 is 0 Å². The van der Waals surface area contributed by atoms with Crippen molar-refractivity contribution < 1.29 is 9.53 Å². The Morgan fingerprint density at radius 3 is 2.42 bits per heavy atom. The quantitative estimate of drug-likeness (QED) is 0.914. The Morgan fingerprint density at radius 1 is 1.21 bits per heavy atom. The van der Waals surface area contributed by atoms with Gasteiger partial charge in [0, 0.05) is 18.8 Å². The third kappa shape index (κ3) is 3.31. The van der Waals surface area contributed by atoms with Crippen LogP contribution in [0.15, 0.2) is 54.9 Å². The number of amides is 1. The van der Waals surface area contributed by atoms with Crippen molar-refractivity contribution in [2.45, 2.75) is 18.9 Å². The molecule has 0 radical (unpaired) electrons. The van der Waals surface area contributed by atoms with Gasteiger partial charge in [0.25, 0.3) is 0 Å². The molecule has 0 saturated heterocycles. The summed E-state index contributed by atoms with van der Waals surface area (Å²) in [6, 6.07) is 13.4. The normalized spacial score (nSPS) is 13.5. The molecule has 1 aromatic heterocycles. The fraction of sp³-hybridized carbons (Fsp3) is 0.200. The summed E-state index contributed by atoms with van der Waals surface area (Å²) in [5.41, 5.74) is 6.35. The van der Waals surface area contributed by atoms with Crippen molar-refractivity contribution in [2.24, 2.45) is 5.73 Å². The lowest BCUT2D eigenvalue weighted by Gasteiger charge is -2.29. The van der Waals surface area contributed by atoms with Crippen LogP contribution < -0.4 is 5.73 Å². The van der Waals surface area contributed by atoms with Crippen molar-refractivity contribution in [1.29, 1.82) is 0 Å². The minimum absolute atomic E-state index is 0.544. The van der Waals surface area contributed by atoms with Gasteiger partial charge in [0.2, 0.25) is 0 Å². The van der Waals surface area contributed by atoms with Gasteiger partial charge in [-0.05, 0) is 30.2 Å². The first-order valence-corrected chi connectivity index (χ1v) is 6.03. The van der Waals surface area contributed by atoms with Gasteiger partial charge >= 0.3 is 6.09 Å². The number of primary amides is 1. The molecule has 0 fully saturated rings. The summed E-state index contributed by atoms with van der Waals surface area (Å²) in [4.78, 5) is 15.1. The lowest BCUT2D eigenvalue weighted by atomic mass is 9.89. The van der Waals surface area contributed by atoms with E-state index in [-0.39, 0.29) is 0 Å². The Kier molecular flexibility index (Phi) is 3.80. The molecule has 19 heavy (non-hydrogen) atoms. The first-order chi connectivity index (χ1) is 9.10. The Labute approximate surface area is 112 Å². The van der Waals surface area contributed by atoms with Crippen LogP contribution in [0, 0.1) is 0 Å². The molecule has 4 heteroatoms. The molecule has 98 valence electrons. The van der Waals surface area contributed by atoms with Crippen molar-refractivity contribution in [3.8, 4) is 0 Å². The summed E-state index contributed by atoms with van der Waals surface area (Å²) < 4.78 is 5.35. The van der Waals surface area contributed by atoms with E-state index in [1.807, 2.05) is 49.4 Å². The van der Waals surface area contributed by atoms with Gasteiger partial charge in [-0.2, -0.15) is 0 Å². The molecular weight excluding hydrogens is 240 g/mol. The Morgan fingerprint density at radius 2 is 1.84 bits per heavy atom. The number of carbonyl (C=O) groups excluding carboxylic acids is 1.